The highest BCUT2D eigenvalue weighted by molar-refractivity contribution is 7.99. The molecule has 1 aliphatic rings. The Morgan fingerprint density at radius 2 is 2.19 bits per heavy atom. The van der Waals surface area contributed by atoms with Gasteiger partial charge >= 0.3 is 0 Å². The van der Waals surface area contributed by atoms with Crippen LogP contribution in [0.5, 0.6) is 0 Å². The predicted molar refractivity (Wildman–Crippen MR) is 90.7 cm³/mol. The summed E-state index contributed by atoms with van der Waals surface area (Å²) in [5.74, 6) is 0.753. The fraction of sp³-hybridized carbons (Fsp3) is 0.588. The van der Waals surface area contributed by atoms with Crippen LogP contribution in [0, 0.1) is 0 Å². The Hall–Kier alpha value is -1.00. The predicted octanol–water partition coefficient (Wildman–Crippen LogP) is 2.56. The van der Waals surface area contributed by atoms with Gasteiger partial charge in [0.15, 0.2) is 0 Å². The summed E-state index contributed by atoms with van der Waals surface area (Å²) in [7, 11) is 0. The quantitative estimate of drug-likeness (QED) is 0.840. The summed E-state index contributed by atoms with van der Waals surface area (Å²) in [4.78, 5) is 14.2. The van der Waals surface area contributed by atoms with Crippen molar-refractivity contribution in [3.63, 3.8) is 0 Å². The third-order valence-corrected chi connectivity index (χ3v) is 4.48. The number of nitrogens with one attached hydrogen (secondary N) is 1. The lowest BCUT2D eigenvalue weighted by molar-refractivity contribution is -0.119. The maximum absolute atomic E-state index is 11.7. The molecule has 116 valence electrons. The first-order valence-electron chi connectivity index (χ1n) is 7.82. The van der Waals surface area contributed by atoms with E-state index >= 15 is 0 Å². The standard InChI is InChI=1S/C17H26N2OS/c1-21-14-17(20)18-16-10-6-12-19(13-16)11-5-9-15-7-3-2-4-8-15/h2-4,7-8,16H,5-6,9-14H2,1H3,(H,18,20)/t16-/m0/s1. The molecule has 1 amide bonds. The molecular formula is C17H26N2OS. The first kappa shape index (κ1) is 16.4. The van der Waals surface area contributed by atoms with Crippen LogP contribution in [-0.4, -0.2) is 48.5 Å². The largest absolute Gasteiger partial charge is 0.351 e. The normalized spacial score (nSPS) is 19.4. The minimum absolute atomic E-state index is 0.179. The second kappa shape index (κ2) is 9.11. The number of rotatable bonds is 7. The van der Waals surface area contributed by atoms with Crippen molar-refractivity contribution in [2.75, 3.05) is 31.6 Å². The molecule has 4 heteroatoms. The highest BCUT2D eigenvalue weighted by Gasteiger charge is 2.20. The molecule has 1 saturated heterocycles. The minimum Gasteiger partial charge on any atom is -0.351 e. The van der Waals surface area contributed by atoms with E-state index < -0.39 is 0 Å². The molecule has 0 bridgehead atoms. The molecule has 1 atom stereocenters. The summed E-state index contributed by atoms with van der Waals surface area (Å²) in [6.45, 7) is 3.31. The van der Waals surface area contributed by atoms with Crippen LogP contribution in [0.15, 0.2) is 30.3 Å². The average Bonchev–Trinajstić information content (AvgIpc) is 2.49. The van der Waals surface area contributed by atoms with Gasteiger partial charge < -0.3 is 10.2 Å². The van der Waals surface area contributed by atoms with Crippen LogP contribution in [0.3, 0.4) is 0 Å². The minimum atomic E-state index is 0.179. The lowest BCUT2D eigenvalue weighted by Crippen LogP contribution is -2.48. The van der Waals surface area contributed by atoms with Gasteiger partial charge in [-0.05, 0) is 50.6 Å². The van der Waals surface area contributed by atoms with Crippen LogP contribution < -0.4 is 5.32 Å². The third kappa shape index (κ3) is 6.10. The van der Waals surface area contributed by atoms with Gasteiger partial charge in [0.05, 0.1) is 5.75 Å². The molecule has 1 aromatic rings. The van der Waals surface area contributed by atoms with Crippen LogP contribution >= 0.6 is 11.8 Å². The molecule has 0 spiro atoms. The first-order chi connectivity index (χ1) is 10.3. The molecule has 1 fully saturated rings. The smallest absolute Gasteiger partial charge is 0.230 e. The van der Waals surface area contributed by atoms with Crippen molar-refractivity contribution in [3.05, 3.63) is 35.9 Å². The van der Waals surface area contributed by atoms with E-state index in [4.69, 9.17) is 0 Å². The summed E-state index contributed by atoms with van der Waals surface area (Å²) < 4.78 is 0. The molecule has 2 rings (SSSR count). The van der Waals surface area contributed by atoms with E-state index in [1.165, 1.54) is 24.9 Å². The Balaban J connectivity index is 1.68. The maximum atomic E-state index is 11.7. The molecule has 21 heavy (non-hydrogen) atoms. The fourth-order valence-corrected chi connectivity index (χ4v) is 3.27. The second-order valence-corrected chi connectivity index (χ2v) is 6.60. The number of aryl methyl sites for hydroxylation is 1. The summed E-state index contributed by atoms with van der Waals surface area (Å²) in [6.07, 6.45) is 6.61. The van der Waals surface area contributed by atoms with Crippen molar-refractivity contribution < 1.29 is 4.79 Å². The van der Waals surface area contributed by atoms with Crippen molar-refractivity contribution >= 4 is 17.7 Å². The number of benzene rings is 1. The van der Waals surface area contributed by atoms with Crippen molar-refractivity contribution in [2.24, 2.45) is 0 Å². The molecule has 0 aromatic heterocycles. The Kier molecular flexibility index (Phi) is 7.10. The van der Waals surface area contributed by atoms with Gasteiger partial charge in [0.2, 0.25) is 5.91 Å². The van der Waals surface area contributed by atoms with Crippen molar-refractivity contribution in [2.45, 2.75) is 31.7 Å². The van der Waals surface area contributed by atoms with E-state index in [1.807, 2.05) is 6.26 Å². The monoisotopic (exact) mass is 306 g/mol. The highest BCUT2D eigenvalue weighted by Crippen LogP contribution is 2.12. The lowest BCUT2D eigenvalue weighted by atomic mass is 10.0. The maximum Gasteiger partial charge on any atom is 0.230 e. The zero-order chi connectivity index (χ0) is 14.9. The second-order valence-electron chi connectivity index (χ2n) is 5.73. The van der Waals surface area contributed by atoms with Gasteiger partial charge in [0.25, 0.3) is 0 Å². The molecule has 1 aliphatic heterocycles. The van der Waals surface area contributed by atoms with Crippen molar-refractivity contribution in [3.8, 4) is 0 Å². The molecule has 0 unspecified atom stereocenters. The van der Waals surface area contributed by atoms with Gasteiger partial charge in [-0.3, -0.25) is 4.79 Å². The summed E-state index contributed by atoms with van der Waals surface area (Å²) in [6, 6.07) is 11.0. The Morgan fingerprint density at radius 1 is 1.38 bits per heavy atom. The van der Waals surface area contributed by atoms with Gasteiger partial charge in [-0.25, -0.2) is 0 Å². The van der Waals surface area contributed by atoms with E-state index in [0.29, 0.717) is 11.8 Å². The number of thioether (sulfide) groups is 1. The third-order valence-electron chi connectivity index (χ3n) is 3.93. The van der Waals surface area contributed by atoms with E-state index in [2.05, 4.69) is 40.5 Å². The molecule has 0 radical (unpaired) electrons. The first-order valence-corrected chi connectivity index (χ1v) is 9.22. The van der Waals surface area contributed by atoms with E-state index in [9.17, 15) is 4.79 Å². The van der Waals surface area contributed by atoms with E-state index in [-0.39, 0.29) is 5.91 Å². The van der Waals surface area contributed by atoms with Gasteiger partial charge in [0, 0.05) is 12.6 Å². The molecule has 0 aliphatic carbocycles. The fourth-order valence-electron chi connectivity index (χ4n) is 2.93. The van der Waals surface area contributed by atoms with Crippen LogP contribution in [0.1, 0.15) is 24.8 Å². The number of amides is 1. The molecule has 1 aromatic carbocycles. The van der Waals surface area contributed by atoms with Gasteiger partial charge in [-0.2, -0.15) is 11.8 Å². The molecule has 1 N–H and O–H groups in total. The summed E-state index contributed by atoms with van der Waals surface area (Å²) in [5, 5.41) is 3.16. The van der Waals surface area contributed by atoms with Gasteiger partial charge in [0.1, 0.15) is 0 Å². The van der Waals surface area contributed by atoms with Crippen LogP contribution in [-0.2, 0) is 11.2 Å². The number of piperidine rings is 1. The Morgan fingerprint density at radius 3 is 2.95 bits per heavy atom. The number of carbonyl (C=O) groups excluding carboxylic acids is 1. The van der Waals surface area contributed by atoms with Gasteiger partial charge in [-0.1, -0.05) is 30.3 Å². The van der Waals surface area contributed by atoms with E-state index in [1.54, 1.807) is 11.8 Å². The average molecular weight is 306 g/mol. The number of likely N-dealkylation sites (tertiary alicyclic amines) is 1. The number of carbonyl (C=O) groups is 1. The zero-order valence-corrected chi connectivity index (χ0v) is 13.7. The van der Waals surface area contributed by atoms with Crippen molar-refractivity contribution in [1.82, 2.24) is 10.2 Å². The van der Waals surface area contributed by atoms with Crippen molar-refractivity contribution in [1.29, 1.82) is 0 Å². The van der Waals surface area contributed by atoms with Crippen LogP contribution in [0.4, 0.5) is 0 Å². The van der Waals surface area contributed by atoms with Crippen LogP contribution in [0.25, 0.3) is 0 Å². The molecule has 0 saturated carbocycles. The highest BCUT2D eigenvalue weighted by atomic mass is 32.2. The lowest BCUT2D eigenvalue weighted by Gasteiger charge is -2.33. The van der Waals surface area contributed by atoms with Crippen LogP contribution in [0.2, 0.25) is 0 Å². The summed E-state index contributed by atoms with van der Waals surface area (Å²) >= 11 is 1.58. The number of hydrogen-bond acceptors (Lipinski definition) is 3. The Bertz CT molecular complexity index is 424. The van der Waals surface area contributed by atoms with E-state index in [0.717, 1.165) is 25.9 Å². The molecule has 3 nitrogen and oxygen atoms in total. The number of hydrogen-bond donors (Lipinski definition) is 1. The SMILES string of the molecule is CSCC(=O)N[C@H]1CCCN(CCCc2ccccc2)C1. The molecule has 1 heterocycles. The number of nitrogens with zero attached hydrogens (tertiary/aromatic N) is 1. The Labute approximate surface area is 132 Å². The zero-order valence-electron chi connectivity index (χ0n) is 12.9. The summed E-state index contributed by atoms with van der Waals surface area (Å²) in [5.41, 5.74) is 1.42. The molecular weight excluding hydrogens is 280 g/mol. The topological polar surface area (TPSA) is 32.3 Å². The van der Waals surface area contributed by atoms with Gasteiger partial charge in [-0.15, -0.1) is 0 Å².